The molecule has 0 amide bonds. The summed E-state index contributed by atoms with van der Waals surface area (Å²) in [6, 6.07) is 12.4. The number of nitrogens with zero attached hydrogens (tertiary/aromatic N) is 3. The fourth-order valence-electron chi connectivity index (χ4n) is 3.75. The predicted octanol–water partition coefficient (Wildman–Crippen LogP) is 4.15. The first-order chi connectivity index (χ1) is 18.1. The Balaban J connectivity index is 1.70. The molecule has 0 aliphatic carbocycles. The Hall–Kier alpha value is -4.58. The molecule has 38 heavy (non-hydrogen) atoms. The molecule has 2 heterocycles. The molecular formula is C26H25N5O6S. The molecular weight excluding hydrogens is 510 g/mol. The fraction of sp³-hybridized carbons (Fsp3) is 0.192. The number of anilines is 3. The van der Waals surface area contributed by atoms with Crippen molar-refractivity contribution in [3.63, 3.8) is 0 Å². The maximum Gasteiger partial charge on any atom is 0.341 e. The molecule has 2 aromatic heterocycles. The second-order valence-corrected chi connectivity index (χ2v) is 9.90. The van der Waals surface area contributed by atoms with E-state index in [-0.39, 0.29) is 28.6 Å². The molecule has 0 aliphatic rings. The smallest absolute Gasteiger partial charge is 0.341 e. The number of hydrogen-bond acceptors (Lipinski definition) is 10. The van der Waals surface area contributed by atoms with Crippen LogP contribution in [0.2, 0.25) is 0 Å². The summed E-state index contributed by atoms with van der Waals surface area (Å²) in [5, 5.41) is 3.63. The molecule has 2 aromatic carbocycles. The summed E-state index contributed by atoms with van der Waals surface area (Å²) < 4.78 is 38.2. The number of carbonyl (C=O) groups is 2. The van der Waals surface area contributed by atoms with E-state index < -0.39 is 22.0 Å². The van der Waals surface area contributed by atoms with Crippen LogP contribution in [0, 0.1) is 13.8 Å². The van der Waals surface area contributed by atoms with Gasteiger partial charge in [-0.3, -0.25) is 4.98 Å². The van der Waals surface area contributed by atoms with E-state index in [4.69, 9.17) is 9.47 Å². The molecule has 0 atom stereocenters. The van der Waals surface area contributed by atoms with Crippen LogP contribution in [0.25, 0.3) is 10.9 Å². The molecule has 4 rings (SSSR count). The van der Waals surface area contributed by atoms with Crippen molar-refractivity contribution in [3.05, 3.63) is 77.2 Å². The number of ether oxygens (including phenoxy) is 2. The van der Waals surface area contributed by atoms with Gasteiger partial charge in [0.2, 0.25) is 5.95 Å². The van der Waals surface area contributed by atoms with Crippen molar-refractivity contribution in [2.45, 2.75) is 25.7 Å². The number of aromatic nitrogens is 3. The van der Waals surface area contributed by atoms with Gasteiger partial charge in [-0.25, -0.2) is 32.7 Å². The predicted molar refractivity (Wildman–Crippen MR) is 141 cm³/mol. The Bertz CT molecular complexity index is 1620. The normalized spacial score (nSPS) is 11.2. The van der Waals surface area contributed by atoms with Gasteiger partial charge in [0.25, 0.3) is 10.0 Å². The molecule has 4 aromatic rings. The Morgan fingerprint density at radius 2 is 1.63 bits per heavy atom. The second-order valence-electron chi connectivity index (χ2n) is 8.22. The van der Waals surface area contributed by atoms with Gasteiger partial charge >= 0.3 is 11.9 Å². The van der Waals surface area contributed by atoms with E-state index in [9.17, 15) is 18.0 Å². The van der Waals surface area contributed by atoms with E-state index in [0.717, 1.165) is 0 Å². The molecule has 0 saturated heterocycles. The molecule has 2 N–H and O–H groups in total. The van der Waals surface area contributed by atoms with Gasteiger partial charge in [-0.1, -0.05) is 0 Å². The number of sulfonamides is 1. The van der Waals surface area contributed by atoms with Crippen molar-refractivity contribution < 1.29 is 27.5 Å². The quantitative estimate of drug-likeness (QED) is 0.315. The second kappa shape index (κ2) is 10.8. The number of aryl methyl sites for hydroxylation is 2. The summed E-state index contributed by atoms with van der Waals surface area (Å²) >= 11 is 0. The van der Waals surface area contributed by atoms with Crippen molar-refractivity contribution >= 4 is 50.2 Å². The first-order valence-electron chi connectivity index (χ1n) is 11.5. The number of methoxy groups -OCH3 is 1. The van der Waals surface area contributed by atoms with Gasteiger partial charge in [-0.15, -0.1) is 0 Å². The van der Waals surface area contributed by atoms with Crippen LogP contribution < -0.4 is 10.0 Å². The summed E-state index contributed by atoms with van der Waals surface area (Å²) in [6.45, 7) is 5.33. The average Bonchev–Trinajstić information content (AvgIpc) is 2.87. The van der Waals surface area contributed by atoms with Crippen LogP contribution in [-0.4, -0.2) is 49.0 Å². The number of hydrogen-bond donors (Lipinski definition) is 2. The minimum atomic E-state index is -3.96. The Morgan fingerprint density at radius 1 is 0.947 bits per heavy atom. The third-order valence-electron chi connectivity index (χ3n) is 5.43. The molecule has 0 unspecified atom stereocenters. The van der Waals surface area contributed by atoms with Crippen LogP contribution in [0.5, 0.6) is 0 Å². The van der Waals surface area contributed by atoms with Gasteiger partial charge in [0.15, 0.2) is 0 Å². The van der Waals surface area contributed by atoms with Gasteiger partial charge in [0.05, 0.1) is 35.4 Å². The van der Waals surface area contributed by atoms with Crippen molar-refractivity contribution in [2.75, 3.05) is 23.8 Å². The fourth-order valence-corrected chi connectivity index (χ4v) is 4.69. The summed E-state index contributed by atoms with van der Waals surface area (Å²) in [4.78, 5) is 37.4. The zero-order chi connectivity index (χ0) is 27.4. The number of nitrogens with one attached hydrogen (secondary N) is 2. The van der Waals surface area contributed by atoms with Crippen LogP contribution in [0.3, 0.4) is 0 Å². The van der Waals surface area contributed by atoms with Crippen LogP contribution in [0.15, 0.2) is 59.6 Å². The van der Waals surface area contributed by atoms with E-state index in [1.54, 1.807) is 57.2 Å². The molecule has 0 bridgehead atoms. The number of esters is 2. The highest BCUT2D eigenvalue weighted by Crippen LogP contribution is 2.31. The number of pyridine rings is 1. The highest BCUT2D eigenvalue weighted by Gasteiger charge is 2.20. The molecule has 0 spiro atoms. The van der Waals surface area contributed by atoms with Gasteiger partial charge in [-0.2, -0.15) is 0 Å². The summed E-state index contributed by atoms with van der Waals surface area (Å²) in [5.41, 5.74) is 3.02. The first-order valence-corrected chi connectivity index (χ1v) is 13.0. The zero-order valence-electron chi connectivity index (χ0n) is 21.1. The molecule has 0 radical (unpaired) electrons. The lowest BCUT2D eigenvalue weighted by Crippen LogP contribution is -2.15. The molecule has 0 saturated carbocycles. The van der Waals surface area contributed by atoms with E-state index in [2.05, 4.69) is 25.0 Å². The molecule has 196 valence electrons. The van der Waals surface area contributed by atoms with Gasteiger partial charge in [0, 0.05) is 28.7 Å². The highest BCUT2D eigenvalue weighted by molar-refractivity contribution is 7.92. The topological polar surface area (TPSA) is 149 Å². The minimum absolute atomic E-state index is 0.0102. The van der Waals surface area contributed by atoms with Crippen LogP contribution in [0.1, 0.15) is 39.0 Å². The van der Waals surface area contributed by atoms with Gasteiger partial charge in [0.1, 0.15) is 5.56 Å². The van der Waals surface area contributed by atoms with Crippen LogP contribution >= 0.6 is 0 Å². The Morgan fingerprint density at radius 3 is 2.26 bits per heavy atom. The third kappa shape index (κ3) is 5.70. The zero-order valence-corrected chi connectivity index (χ0v) is 21.9. The summed E-state index contributed by atoms with van der Waals surface area (Å²) in [7, 11) is -2.68. The lowest BCUT2D eigenvalue weighted by molar-refractivity contribution is 0.0526. The SMILES string of the molecule is CCOC(=O)c1cnc2ccc(C(=O)OC)cc2c1Nc1ccc(S(=O)(=O)Nc2nc(C)cc(C)n2)cc1. The summed E-state index contributed by atoms with van der Waals surface area (Å²) in [5.74, 6) is -1.17. The van der Waals surface area contributed by atoms with Gasteiger partial charge < -0.3 is 14.8 Å². The number of fused-ring (bicyclic) bond motifs is 1. The molecule has 12 heteroatoms. The lowest BCUT2D eigenvalue weighted by atomic mass is 10.1. The molecule has 0 fully saturated rings. The first kappa shape index (κ1) is 26.5. The molecule has 0 aliphatic heterocycles. The van der Waals surface area contributed by atoms with E-state index in [1.807, 2.05) is 0 Å². The van der Waals surface area contributed by atoms with Crippen LogP contribution in [0.4, 0.5) is 17.3 Å². The van der Waals surface area contributed by atoms with Crippen molar-refractivity contribution in [1.82, 2.24) is 15.0 Å². The van der Waals surface area contributed by atoms with E-state index in [1.165, 1.54) is 25.4 Å². The van der Waals surface area contributed by atoms with Crippen molar-refractivity contribution in [1.29, 1.82) is 0 Å². The summed E-state index contributed by atoms with van der Waals surface area (Å²) in [6.07, 6.45) is 1.38. The number of carbonyl (C=O) groups excluding carboxylic acids is 2. The number of rotatable bonds is 8. The average molecular weight is 536 g/mol. The number of benzene rings is 2. The monoisotopic (exact) mass is 535 g/mol. The van der Waals surface area contributed by atoms with E-state index >= 15 is 0 Å². The van der Waals surface area contributed by atoms with Crippen molar-refractivity contribution in [3.8, 4) is 0 Å². The highest BCUT2D eigenvalue weighted by atomic mass is 32.2. The van der Waals surface area contributed by atoms with Crippen molar-refractivity contribution in [2.24, 2.45) is 0 Å². The standard InChI is InChI=1S/C26H25N5O6S/c1-5-37-25(33)21-14-27-22-11-6-17(24(32)36-4)13-20(22)23(21)30-18-7-9-19(10-8-18)38(34,35)31-26-28-15(2)12-16(3)29-26/h6-14H,5H2,1-4H3,(H,27,30)(H,28,29,31). The van der Waals surface area contributed by atoms with Crippen LogP contribution in [-0.2, 0) is 19.5 Å². The Labute approximate surface area is 219 Å². The maximum atomic E-state index is 12.9. The largest absolute Gasteiger partial charge is 0.465 e. The third-order valence-corrected chi connectivity index (χ3v) is 6.77. The lowest BCUT2D eigenvalue weighted by Gasteiger charge is -2.15. The van der Waals surface area contributed by atoms with E-state index in [0.29, 0.717) is 33.7 Å². The van der Waals surface area contributed by atoms with Gasteiger partial charge in [-0.05, 0) is 69.3 Å². The maximum absolute atomic E-state index is 12.9. The Kier molecular flexibility index (Phi) is 7.53. The minimum Gasteiger partial charge on any atom is -0.465 e. The molecule has 11 nitrogen and oxygen atoms in total.